The molecule has 0 saturated carbocycles. The Kier molecular flexibility index (Phi) is 3.98. The number of benzene rings is 1. The number of hydrogen-bond donors (Lipinski definition) is 1. The molecule has 1 amide bonds. The molecular weight excluding hydrogens is 214 g/mol. The molecule has 1 aromatic rings. The highest BCUT2D eigenvalue weighted by atomic mass is 16.1. The van der Waals surface area contributed by atoms with E-state index in [9.17, 15) is 4.79 Å². The van der Waals surface area contributed by atoms with E-state index in [0.717, 1.165) is 44.8 Å². The van der Waals surface area contributed by atoms with Crippen molar-refractivity contribution in [2.75, 3.05) is 38.5 Å². The predicted octanol–water partition coefficient (Wildman–Crippen LogP) is 1.00. The molecule has 4 heteroatoms. The minimum absolute atomic E-state index is 0.842. The summed E-state index contributed by atoms with van der Waals surface area (Å²) in [6, 6.07) is 8.45. The zero-order valence-electron chi connectivity index (χ0n) is 10.2. The lowest BCUT2D eigenvalue weighted by Crippen LogP contribution is -2.45. The number of anilines is 1. The lowest BCUT2D eigenvalue weighted by Gasteiger charge is -2.32. The standard InChI is InChI=1S/C13H19N3O/c1-14-13-4-2-3-12(9-13)10-15-5-7-16(11-17)8-6-15/h2-4,9,11,14H,5-8,10H2,1H3. The van der Waals surface area contributed by atoms with Gasteiger partial charge in [0.05, 0.1) is 0 Å². The van der Waals surface area contributed by atoms with E-state index in [1.165, 1.54) is 5.56 Å². The molecule has 0 unspecified atom stereocenters. The quantitative estimate of drug-likeness (QED) is 0.788. The third-order valence-corrected chi connectivity index (χ3v) is 3.18. The Bertz CT molecular complexity index is 373. The van der Waals surface area contributed by atoms with E-state index in [-0.39, 0.29) is 0 Å². The van der Waals surface area contributed by atoms with Crippen LogP contribution in [-0.4, -0.2) is 49.4 Å². The molecule has 0 aliphatic carbocycles. The molecule has 2 rings (SSSR count). The molecule has 1 fully saturated rings. The van der Waals surface area contributed by atoms with Gasteiger partial charge in [-0.3, -0.25) is 9.69 Å². The van der Waals surface area contributed by atoms with Crippen LogP contribution in [0.1, 0.15) is 5.56 Å². The van der Waals surface area contributed by atoms with Crippen LogP contribution in [0.15, 0.2) is 24.3 Å². The monoisotopic (exact) mass is 233 g/mol. The minimum atomic E-state index is 0.842. The van der Waals surface area contributed by atoms with Crippen molar-refractivity contribution in [3.8, 4) is 0 Å². The Morgan fingerprint density at radius 3 is 2.71 bits per heavy atom. The largest absolute Gasteiger partial charge is 0.388 e. The molecule has 0 aromatic heterocycles. The molecule has 0 radical (unpaired) electrons. The first-order valence-corrected chi connectivity index (χ1v) is 6.00. The second-order valence-corrected chi connectivity index (χ2v) is 4.37. The molecule has 1 N–H and O–H groups in total. The molecule has 1 heterocycles. The Morgan fingerprint density at radius 1 is 1.29 bits per heavy atom. The van der Waals surface area contributed by atoms with Gasteiger partial charge in [0.15, 0.2) is 0 Å². The second-order valence-electron chi connectivity index (χ2n) is 4.37. The van der Waals surface area contributed by atoms with E-state index in [2.05, 4.69) is 34.5 Å². The lowest BCUT2D eigenvalue weighted by molar-refractivity contribution is -0.119. The molecule has 0 bridgehead atoms. The minimum Gasteiger partial charge on any atom is -0.388 e. The summed E-state index contributed by atoms with van der Waals surface area (Å²) in [6.07, 6.45) is 0.943. The molecule has 17 heavy (non-hydrogen) atoms. The Balaban J connectivity index is 1.90. The second kappa shape index (κ2) is 5.68. The highest BCUT2D eigenvalue weighted by molar-refractivity contribution is 5.47. The molecule has 1 saturated heterocycles. The Hall–Kier alpha value is -1.55. The number of amides is 1. The van der Waals surface area contributed by atoms with Gasteiger partial charge in [-0.15, -0.1) is 0 Å². The maximum Gasteiger partial charge on any atom is 0.209 e. The molecule has 4 nitrogen and oxygen atoms in total. The molecule has 1 aromatic carbocycles. The molecular formula is C13H19N3O. The fourth-order valence-corrected chi connectivity index (χ4v) is 2.11. The smallest absolute Gasteiger partial charge is 0.209 e. The van der Waals surface area contributed by atoms with Crippen LogP contribution in [0, 0.1) is 0 Å². The lowest BCUT2D eigenvalue weighted by atomic mass is 10.1. The number of carbonyl (C=O) groups excluding carboxylic acids is 1. The van der Waals surface area contributed by atoms with Gasteiger partial charge in [-0.25, -0.2) is 0 Å². The van der Waals surface area contributed by atoms with Crippen molar-refractivity contribution < 1.29 is 4.79 Å². The van der Waals surface area contributed by atoms with Crippen molar-refractivity contribution in [3.05, 3.63) is 29.8 Å². The first-order valence-electron chi connectivity index (χ1n) is 6.00. The maximum absolute atomic E-state index is 10.6. The third-order valence-electron chi connectivity index (χ3n) is 3.18. The molecule has 92 valence electrons. The molecule has 1 aliphatic rings. The third kappa shape index (κ3) is 3.20. The molecule has 0 spiro atoms. The number of rotatable bonds is 4. The van der Waals surface area contributed by atoms with E-state index in [1.54, 1.807) is 0 Å². The van der Waals surface area contributed by atoms with Crippen LogP contribution in [0.5, 0.6) is 0 Å². The van der Waals surface area contributed by atoms with Gasteiger partial charge in [0.25, 0.3) is 0 Å². The van der Waals surface area contributed by atoms with Gasteiger partial charge in [-0.2, -0.15) is 0 Å². The summed E-state index contributed by atoms with van der Waals surface area (Å²) < 4.78 is 0. The summed E-state index contributed by atoms with van der Waals surface area (Å²) >= 11 is 0. The Morgan fingerprint density at radius 2 is 2.06 bits per heavy atom. The topological polar surface area (TPSA) is 35.6 Å². The van der Waals surface area contributed by atoms with Crippen molar-refractivity contribution in [2.45, 2.75) is 6.54 Å². The summed E-state index contributed by atoms with van der Waals surface area (Å²) in [5.74, 6) is 0. The van der Waals surface area contributed by atoms with E-state index in [4.69, 9.17) is 0 Å². The van der Waals surface area contributed by atoms with Crippen LogP contribution in [0.3, 0.4) is 0 Å². The summed E-state index contributed by atoms with van der Waals surface area (Å²) in [5.41, 5.74) is 2.46. The summed E-state index contributed by atoms with van der Waals surface area (Å²) in [7, 11) is 1.93. The molecule has 1 aliphatic heterocycles. The maximum atomic E-state index is 10.6. The van der Waals surface area contributed by atoms with Crippen molar-refractivity contribution in [2.24, 2.45) is 0 Å². The van der Waals surface area contributed by atoms with Gasteiger partial charge in [0, 0.05) is 45.5 Å². The van der Waals surface area contributed by atoms with Gasteiger partial charge in [0.2, 0.25) is 6.41 Å². The Labute approximate surface area is 102 Å². The van der Waals surface area contributed by atoms with Crippen molar-refractivity contribution in [3.63, 3.8) is 0 Å². The van der Waals surface area contributed by atoms with Crippen molar-refractivity contribution in [1.82, 2.24) is 9.80 Å². The zero-order valence-corrected chi connectivity index (χ0v) is 10.2. The van der Waals surface area contributed by atoms with Gasteiger partial charge < -0.3 is 10.2 Å². The van der Waals surface area contributed by atoms with Crippen molar-refractivity contribution in [1.29, 1.82) is 0 Å². The number of carbonyl (C=O) groups is 1. The van der Waals surface area contributed by atoms with E-state index >= 15 is 0 Å². The van der Waals surface area contributed by atoms with Gasteiger partial charge in [-0.05, 0) is 17.7 Å². The van der Waals surface area contributed by atoms with Crippen LogP contribution < -0.4 is 5.32 Å². The summed E-state index contributed by atoms with van der Waals surface area (Å²) in [5, 5.41) is 3.15. The van der Waals surface area contributed by atoms with Gasteiger partial charge >= 0.3 is 0 Å². The average molecular weight is 233 g/mol. The van der Waals surface area contributed by atoms with Crippen LogP contribution in [0.2, 0.25) is 0 Å². The fraction of sp³-hybridized carbons (Fsp3) is 0.462. The number of hydrogen-bond acceptors (Lipinski definition) is 3. The summed E-state index contributed by atoms with van der Waals surface area (Å²) in [4.78, 5) is 14.8. The number of piperazine rings is 1. The van der Waals surface area contributed by atoms with Crippen LogP contribution in [0.4, 0.5) is 5.69 Å². The van der Waals surface area contributed by atoms with Crippen molar-refractivity contribution >= 4 is 12.1 Å². The van der Waals surface area contributed by atoms with E-state index in [0.29, 0.717) is 0 Å². The number of nitrogens with zero attached hydrogens (tertiary/aromatic N) is 2. The highest BCUT2D eigenvalue weighted by Gasteiger charge is 2.15. The summed E-state index contributed by atoms with van der Waals surface area (Å²) in [6.45, 7) is 4.57. The van der Waals surface area contributed by atoms with Gasteiger partial charge in [-0.1, -0.05) is 12.1 Å². The zero-order chi connectivity index (χ0) is 12.1. The van der Waals surface area contributed by atoms with E-state index in [1.807, 2.05) is 11.9 Å². The van der Waals surface area contributed by atoms with Crippen LogP contribution >= 0.6 is 0 Å². The van der Waals surface area contributed by atoms with E-state index < -0.39 is 0 Å². The average Bonchev–Trinajstić information content (AvgIpc) is 2.40. The number of nitrogens with one attached hydrogen (secondary N) is 1. The highest BCUT2D eigenvalue weighted by Crippen LogP contribution is 2.13. The fourth-order valence-electron chi connectivity index (χ4n) is 2.11. The first-order chi connectivity index (χ1) is 8.31. The SMILES string of the molecule is CNc1cccc(CN2CCN(C=O)CC2)c1. The molecule has 0 atom stereocenters. The van der Waals surface area contributed by atoms with Gasteiger partial charge in [0.1, 0.15) is 0 Å². The first kappa shape index (κ1) is 11.9. The van der Waals surface area contributed by atoms with Crippen LogP contribution in [-0.2, 0) is 11.3 Å². The van der Waals surface area contributed by atoms with Crippen LogP contribution in [0.25, 0.3) is 0 Å². The predicted molar refractivity (Wildman–Crippen MR) is 68.9 cm³/mol. The normalized spacial score (nSPS) is 16.9.